The van der Waals surface area contributed by atoms with Crippen molar-refractivity contribution >= 4 is 23.2 Å². The lowest BCUT2D eigenvalue weighted by Gasteiger charge is -2.35. The molecule has 2 aliphatic heterocycles. The predicted molar refractivity (Wildman–Crippen MR) is 77.8 cm³/mol. The summed E-state index contributed by atoms with van der Waals surface area (Å²) in [5.41, 5.74) is 7.02. The second kappa shape index (κ2) is 5.39. The number of rotatable bonds is 2. The van der Waals surface area contributed by atoms with Crippen LogP contribution in [0.25, 0.3) is 0 Å². The van der Waals surface area contributed by atoms with Crippen molar-refractivity contribution in [1.29, 1.82) is 0 Å². The van der Waals surface area contributed by atoms with E-state index in [1.807, 2.05) is 24.3 Å². The van der Waals surface area contributed by atoms with Crippen LogP contribution in [0.3, 0.4) is 0 Å². The summed E-state index contributed by atoms with van der Waals surface area (Å²) in [5, 5.41) is 0.722. The van der Waals surface area contributed by atoms with Crippen LogP contribution in [0, 0.1) is 5.92 Å². The van der Waals surface area contributed by atoms with Gasteiger partial charge in [-0.25, -0.2) is 0 Å². The Morgan fingerprint density at radius 1 is 1.26 bits per heavy atom. The Morgan fingerprint density at radius 3 is 2.74 bits per heavy atom. The van der Waals surface area contributed by atoms with Gasteiger partial charge in [0.1, 0.15) is 0 Å². The number of hydrogen-bond donors (Lipinski definition) is 1. The van der Waals surface area contributed by atoms with Gasteiger partial charge in [-0.05, 0) is 30.9 Å². The molecule has 2 heterocycles. The highest BCUT2D eigenvalue weighted by atomic mass is 35.5. The van der Waals surface area contributed by atoms with Gasteiger partial charge in [0.15, 0.2) is 5.96 Å². The maximum Gasteiger partial charge on any atom is 0.196 e. The molecule has 1 aromatic rings. The summed E-state index contributed by atoms with van der Waals surface area (Å²) in [5.74, 6) is 1.14. The van der Waals surface area contributed by atoms with E-state index in [0.717, 1.165) is 43.3 Å². The molecule has 3 rings (SSSR count). The summed E-state index contributed by atoms with van der Waals surface area (Å²) in [6.07, 6.45) is 2.13. The molecule has 0 bridgehead atoms. The van der Waals surface area contributed by atoms with E-state index in [1.54, 1.807) is 0 Å². The van der Waals surface area contributed by atoms with E-state index < -0.39 is 0 Å². The highest BCUT2D eigenvalue weighted by Gasteiger charge is 2.35. The fraction of sp³-hybridized carbons (Fsp3) is 0.500. The van der Waals surface area contributed by atoms with Gasteiger partial charge in [0, 0.05) is 13.2 Å². The van der Waals surface area contributed by atoms with Crippen molar-refractivity contribution in [1.82, 2.24) is 0 Å². The summed E-state index contributed by atoms with van der Waals surface area (Å²) in [4.78, 5) is 6.51. The summed E-state index contributed by atoms with van der Waals surface area (Å²) in [6, 6.07) is 8.11. The molecule has 1 atom stereocenters. The van der Waals surface area contributed by atoms with E-state index in [9.17, 15) is 0 Å². The maximum absolute atomic E-state index is 6.30. The van der Waals surface area contributed by atoms with E-state index in [2.05, 4.69) is 9.89 Å². The third-order valence-electron chi connectivity index (χ3n) is 3.94. The molecule has 0 spiro atoms. The Morgan fingerprint density at radius 2 is 2.00 bits per heavy atom. The Kier molecular flexibility index (Phi) is 3.62. The SMILES string of the molecule is NC1=NCC(C2CCOCC2)N1c1ccccc1Cl. The molecule has 0 aliphatic carbocycles. The van der Waals surface area contributed by atoms with Crippen molar-refractivity contribution in [2.24, 2.45) is 16.6 Å². The molecule has 19 heavy (non-hydrogen) atoms. The summed E-state index contributed by atoms with van der Waals surface area (Å²) in [7, 11) is 0. The number of ether oxygens (including phenoxy) is 1. The van der Waals surface area contributed by atoms with Crippen LogP contribution in [-0.4, -0.2) is 31.8 Å². The van der Waals surface area contributed by atoms with E-state index in [1.165, 1.54) is 0 Å². The summed E-state index contributed by atoms with van der Waals surface area (Å²) < 4.78 is 5.44. The normalized spacial score (nSPS) is 24.6. The molecule has 2 aliphatic rings. The molecular formula is C14H18ClN3O. The lowest BCUT2D eigenvalue weighted by molar-refractivity contribution is 0.0603. The van der Waals surface area contributed by atoms with Crippen molar-refractivity contribution in [3.05, 3.63) is 29.3 Å². The van der Waals surface area contributed by atoms with Gasteiger partial charge in [-0.1, -0.05) is 23.7 Å². The molecule has 0 saturated carbocycles. The van der Waals surface area contributed by atoms with Gasteiger partial charge in [0.2, 0.25) is 0 Å². The number of benzene rings is 1. The van der Waals surface area contributed by atoms with Crippen molar-refractivity contribution < 1.29 is 4.74 Å². The van der Waals surface area contributed by atoms with Gasteiger partial charge < -0.3 is 15.4 Å². The number of aliphatic imine (C=N–C) groups is 1. The fourth-order valence-corrected chi connectivity index (χ4v) is 3.15. The smallest absolute Gasteiger partial charge is 0.196 e. The van der Waals surface area contributed by atoms with Crippen LogP contribution in [0.1, 0.15) is 12.8 Å². The third-order valence-corrected chi connectivity index (χ3v) is 4.26. The summed E-state index contributed by atoms with van der Waals surface area (Å²) >= 11 is 6.30. The minimum atomic E-state index is 0.309. The van der Waals surface area contributed by atoms with E-state index in [-0.39, 0.29) is 0 Å². The predicted octanol–water partition coefficient (Wildman–Crippen LogP) is 2.27. The van der Waals surface area contributed by atoms with Gasteiger partial charge in [-0.3, -0.25) is 4.99 Å². The number of halogens is 1. The molecule has 1 fully saturated rings. The largest absolute Gasteiger partial charge is 0.381 e. The average molecular weight is 280 g/mol. The molecule has 2 N–H and O–H groups in total. The van der Waals surface area contributed by atoms with Gasteiger partial charge >= 0.3 is 0 Å². The number of para-hydroxylation sites is 1. The van der Waals surface area contributed by atoms with E-state index >= 15 is 0 Å². The number of nitrogens with zero attached hydrogens (tertiary/aromatic N) is 2. The van der Waals surface area contributed by atoms with Gasteiger partial charge in [0.25, 0.3) is 0 Å². The van der Waals surface area contributed by atoms with Gasteiger partial charge in [-0.15, -0.1) is 0 Å². The van der Waals surface area contributed by atoms with Crippen LogP contribution in [0.2, 0.25) is 5.02 Å². The van der Waals surface area contributed by atoms with Crippen molar-refractivity contribution in [2.45, 2.75) is 18.9 Å². The van der Waals surface area contributed by atoms with Crippen molar-refractivity contribution in [2.75, 3.05) is 24.7 Å². The fourth-order valence-electron chi connectivity index (χ4n) is 2.92. The second-order valence-electron chi connectivity index (χ2n) is 5.04. The zero-order chi connectivity index (χ0) is 13.2. The first-order valence-electron chi connectivity index (χ1n) is 6.69. The maximum atomic E-state index is 6.30. The third kappa shape index (κ3) is 2.42. The Bertz CT molecular complexity index is 485. The quantitative estimate of drug-likeness (QED) is 0.903. The highest BCUT2D eigenvalue weighted by molar-refractivity contribution is 6.33. The highest BCUT2D eigenvalue weighted by Crippen LogP contribution is 2.33. The molecule has 1 saturated heterocycles. The Hall–Kier alpha value is -1.26. The second-order valence-corrected chi connectivity index (χ2v) is 5.44. The van der Waals surface area contributed by atoms with E-state index in [0.29, 0.717) is 17.9 Å². The minimum absolute atomic E-state index is 0.309. The topological polar surface area (TPSA) is 50.9 Å². The first-order chi connectivity index (χ1) is 9.27. The monoisotopic (exact) mass is 279 g/mol. The first-order valence-corrected chi connectivity index (χ1v) is 7.06. The summed E-state index contributed by atoms with van der Waals surface area (Å²) in [6.45, 7) is 2.41. The van der Waals surface area contributed by atoms with Crippen LogP contribution in [-0.2, 0) is 4.74 Å². The Balaban J connectivity index is 1.88. The minimum Gasteiger partial charge on any atom is -0.381 e. The molecule has 0 radical (unpaired) electrons. The average Bonchev–Trinajstić information content (AvgIpc) is 2.82. The number of guanidine groups is 1. The molecular weight excluding hydrogens is 262 g/mol. The van der Waals surface area contributed by atoms with Gasteiger partial charge in [-0.2, -0.15) is 0 Å². The van der Waals surface area contributed by atoms with Crippen molar-refractivity contribution in [3.8, 4) is 0 Å². The molecule has 0 amide bonds. The number of anilines is 1. The lowest BCUT2D eigenvalue weighted by atomic mass is 9.91. The van der Waals surface area contributed by atoms with Crippen LogP contribution in [0.15, 0.2) is 29.3 Å². The molecule has 102 valence electrons. The zero-order valence-corrected chi connectivity index (χ0v) is 11.5. The van der Waals surface area contributed by atoms with Crippen molar-refractivity contribution in [3.63, 3.8) is 0 Å². The Labute approximate surface area is 118 Å². The standard InChI is InChI=1S/C14H18ClN3O/c15-11-3-1-2-4-12(11)18-13(9-17-14(18)16)10-5-7-19-8-6-10/h1-4,10,13H,5-9H2,(H2,16,17). The first kappa shape index (κ1) is 12.8. The molecule has 5 heteroatoms. The van der Waals surface area contributed by atoms with Gasteiger partial charge in [0.05, 0.1) is 23.3 Å². The van der Waals surface area contributed by atoms with Crippen LogP contribution in [0.5, 0.6) is 0 Å². The zero-order valence-electron chi connectivity index (χ0n) is 10.8. The lowest BCUT2D eigenvalue weighted by Crippen LogP contribution is -2.46. The van der Waals surface area contributed by atoms with E-state index in [4.69, 9.17) is 22.1 Å². The molecule has 4 nitrogen and oxygen atoms in total. The number of nitrogens with two attached hydrogens (primary N) is 1. The number of hydrogen-bond acceptors (Lipinski definition) is 4. The molecule has 0 aromatic heterocycles. The molecule has 1 unspecified atom stereocenters. The van der Waals surface area contributed by atoms with Crippen LogP contribution >= 0.6 is 11.6 Å². The molecule has 1 aromatic carbocycles. The van der Waals surface area contributed by atoms with Crippen LogP contribution in [0.4, 0.5) is 5.69 Å². The van der Waals surface area contributed by atoms with Crippen LogP contribution < -0.4 is 10.6 Å².